The molecule has 0 saturated carbocycles. The number of nitrogens with zero attached hydrogens (tertiary/aromatic N) is 5. The first kappa shape index (κ1) is 87.4. The monoisotopic (exact) mass is 1470 g/mol. The molecule has 8 aromatic rings. The number of fused-ring (bicyclic) bond motifs is 3. The van der Waals surface area contributed by atoms with Gasteiger partial charge in [0.25, 0.3) is 5.65 Å². The molecule has 0 aliphatic rings. The Kier molecular flexibility index (Phi) is 42.0. The molecule has 0 saturated heterocycles. The SMILES string of the molecule is CCI.CCOC(=O)C(=CCc1cccc(C)n1)C(=O)OCC.CCOC(=O)c1c[nH]c2nc(C)ccc2c1=O.CCOC=C(C(=O)OCC)C(=O)OCC.CCn1cc(C(=O)O)c(=O)c2ccc(C)[nH+]c21.Cc1ccc2c(=O)c(C(=O)O)c[nH]c2n1.Cc1cccc(N)n1.[Na+].[OH-]. The fourth-order valence-electron chi connectivity index (χ4n) is 7.66. The van der Waals surface area contributed by atoms with E-state index in [1.807, 2.05) is 65.0 Å². The Morgan fingerprint density at radius 1 is 0.546 bits per heavy atom. The van der Waals surface area contributed by atoms with Gasteiger partial charge in [0, 0.05) is 47.3 Å². The number of H-pyrrole nitrogens is 3. The number of aromatic carboxylic acids is 2. The van der Waals surface area contributed by atoms with Crippen LogP contribution in [0.3, 0.4) is 0 Å². The largest absolute Gasteiger partial charge is 1.00 e. The Hall–Kier alpha value is -9.56. The van der Waals surface area contributed by atoms with Crippen LogP contribution in [0.25, 0.3) is 33.1 Å². The zero-order chi connectivity index (χ0) is 71.3. The molecule has 8 aromatic heterocycles. The van der Waals surface area contributed by atoms with E-state index in [0.717, 1.165) is 40.4 Å². The molecule has 0 aromatic carbocycles. The van der Waals surface area contributed by atoms with Crippen molar-refractivity contribution < 1.29 is 112 Å². The second kappa shape index (κ2) is 46.5. The van der Waals surface area contributed by atoms with Crippen molar-refractivity contribution in [1.29, 1.82) is 0 Å². The summed E-state index contributed by atoms with van der Waals surface area (Å²) in [6.45, 7) is 25.4. The zero-order valence-electron chi connectivity index (χ0n) is 56.7. The molecule has 97 heavy (non-hydrogen) atoms. The summed E-state index contributed by atoms with van der Waals surface area (Å²) in [7, 11) is 0. The standard InChI is InChI=1S/C15H19NO4.2C12H12N2O3.C10H8N2O3.C10H16O5.C6H8N2.C2H5I.Na.H2O/c1-4-19-14(17)13(15(18)20-5-2)10-9-12-8-6-7-11(3)16-12;1-3-14-6-9(12(16)17)10(15)8-5-4-7(2)13-11(8)14;1-3-17-12(16)9-6-13-11-8(10(9)15)5-4-7(2)14-11;1-5-2-3-6-8(13)7(10(14)15)4-11-9(6)12-5;1-4-13-7-8(9(11)14-5-2)10(12)15-6-3;1-5-3-2-4-6(7)8-5;1-2-3;;/h6-8,10H,4-5,9H2,1-3H3;4-6H,3H2,1-2H3,(H,16,17);4-6H,3H2,1-2H3,(H,13,14,15);2-4H,1H3,(H,14,15)(H,11,12,13);7H,4-6H2,1-3H3;2-4H,1H3,(H2,7,8);2H2,1H3;;1H2/q;;;;;;;+1;. The number of alkyl halides is 1. The number of rotatable bonds is 17. The molecule has 0 aliphatic carbocycles. The number of nitrogens with one attached hydrogen (secondary N) is 3. The van der Waals surface area contributed by atoms with Gasteiger partial charge in [0.1, 0.15) is 57.2 Å². The number of halogens is 1. The molecule has 30 heteroatoms. The van der Waals surface area contributed by atoms with Gasteiger partial charge in [0.05, 0.1) is 62.7 Å². The van der Waals surface area contributed by atoms with Gasteiger partial charge in [-0.3, -0.25) is 19.4 Å². The van der Waals surface area contributed by atoms with Crippen molar-refractivity contribution in [1.82, 2.24) is 34.5 Å². The third-order valence-electron chi connectivity index (χ3n) is 11.9. The van der Waals surface area contributed by atoms with E-state index in [0.29, 0.717) is 58.5 Å². The Labute approximate surface area is 595 Å². The van der Waals surface area contributed by atoms with Gasteiger partial charge in [-0.15, -0.1) is 0 Å². The number of carbonyl (C=O) groups excluding carboxylic acids is 5. The number of aromatic nitrogens is 8. The number of aryl methyl sites for hydroxylation is 6. The predicted molar refractivity (Wildman–Crippen MR) is 366 cm³/mol. The van der Waals surface area contributed by atoms with E-state index < -0.39 is 52.6 Å². The van der Waals surface area contributed by atoms with E-state index in [9.17, 15) is 47.9 Å². The number of aromatic amines is 3. The van der Waals surface area contributed by atoms with Gasteiger partial charge in [-0.05, 0) is 148 Å². The van der Waals surface area contributed by atoms with E-state index in [2.05, 4.69) is 73.9 Å². The van der Waals surface area contributed by atoms with Gasteiger partial charge in [0.2, 0.25) is 16.3 Å². The van der Waals surface area contributed by atoms with Gasteiger partial charge < -0.3 is 59.8 Å². The van der Waals surface area contributed by atoms with Gasteiger partial charge in [-0.1, -0.05) is 47.7 Å². The van der Waals surface area contributed by atoms with Gasteiger partial charge in [-0.2, -0.15) is 0 Å². The predicted octanol–water partition coefficient (Wildman–Crippen LogP) is 5.44. The Morgan fingerprint density at radius 2 is 0.969 bits per heavy atom. The fourth-order valence-corrected chi connectivity index (χ4v) is 7.66. The second-order valence-electron chi connectivity index (χ2n) is 19.1. The van der Waals surface area contributed by atoms with Crippen LogP contribution in [0, 0.1) is 34.6 Å². The number of hydrogen-bond acceptors (Lipinski definition) is 22. The van der Waals surface area contributed by atoms with Crippen molar-refractivity contribution in [3.8, 4) is 0 Å². The van der Waals surface area contributed by atoms with Crippen LogP contribution in [0.15, 0.2) is 129 Å². The molecule has 8 heterocycles. The Morgan fingerprint density at radius 3 is 1.39 bits per heavy atom. The minimum absolute atomic E-state index is 0. The van der Waals surface area contributed by atoms with E-state index >= 15 is 0 Å². The Balaban J connectivity index is 0.00000114. The molecule has 516 valence electrons. The molecule has 0 aliphatic heterocycles. The van der Waals surface area contributed by atoms with Crippen molar-refractivity contribution in [2.24, 2.45) is 0 Å². The topological polar surface area (TPSA) is 425 Å². The molecule has 0 spiro atoms. The summed E-state index contributed by atoms with van der Waals surface area (Å²) in [6, 6.07) is 21.2. The van der Waals surface area contributed by atoms with Crippen LogP contribution < -0.4 is 56.6 Å². The van der Waals surface area contributed by atoms with E-state index in [4.69, 9.17) is 34.9 Å². The smallest absolute Gasteiger partial charge is 0.870 e. The number of ether oxygens (including phenoxy) is 6. The van der Waals surface area contributed by atoms with E-state index in [-0.39, 0.29) is 101 Å². The maximum absolute atomic E-state index is 12.0. The maximum atomic E-state index is 12.0. The Bertz CT molecular complexity index is 4130. The number of pyridine rings is 8. The van der Waals surface area contributed by atoms with Crippen LogP contribution in [-0.2, 0) is 60.6 Å². The van der Waals surface area contributed by atoms with Crippen molar-refractivity contribution in [3.05, 3.63) is 196 Å². The summed E-state index contributed by atoms with van der Waals surface area (Å²) >= 11 is 2.29. The van der Waals surface area contributed by atoms with Crippen LogP contribution in [-0.4, -0.2) is 136 Å². The molecule has 0 atom stereocenters. The van der Waals surface area contributed by atoms with Gasteiger partial charge in [0.15, 0.2) is 5.57 Å². The minimum Gasteiger partial charge on any atom is -0.870 e. The fraction of sp³-hybridized carbons (Fsp3) is 0.328. The molecular weight excluding hydrogens is 1380 g/mol. The first-order valence-electron chi connectivity index (χ1n) is 29.8. The average Bonchev–Trinajstić information content (AvgIpc) is 0.806. The number of anilines is 1. The van der Waals surface area contributed by atoms with Crippen LogP contribution in [0.2, 0.25) is 0 Å². The van der Waals surface area contributed by atoms with Crippen molar-refractivity contribution in [2.75, 3.05) is 49.8 Å². The van der Waals surface area contributed by atoms with Crippen molar-refractivity contribution in [3.63, 3.8) is 0 Å². The molecule has 28 nitrogen and oxygen atoms in total. The van der Waals surface area contributed by atoms with Crippen LogP contribution in [0.4, 0.5) is 5.82 Å². The van der Waals surface area contributed by atoms with Crippen molar-refractivity contribution >= 4 is 103 Å². The van der Waals surface area contributed by atoms with Crippen LogP contribution >= 0.6 is 22.6 Å². The summed E-state index contributed by atoms with van der Waals surface area (Å²) in [6.07, 6.45) is 6.82. The number of allylic oxidation sites excluding steroid dienone is 1. The third-order valence-corrected chi connectivity index (χ3v) is 11.9. The molecule has 0 amide bonds. The van der Waals surface area contributed by atoms with Crippen molar-refractivity contribution in [2.45, 2.75) is 103 Å². The van der Waals surface area contributed by atoms with E-state index in [1.165, 1.54) is 29.1 Å². The van der Waals surface area contributed by atoms with Gasteiger partial charge in [-0.25, -0.2) is 58.1 Å². The molecule has 0 bridgehead atoms. The summed E-state index contributed by atoms with van der Waals surface area (Å²) in [5, 5.41) is 18.8. The number of nitrogen functional groups attached to an aromatic ring is 1. The first-order valence-corrected chi connectivity index (χ1v) is 31.3. The second-order valence-corrected chi connectivity index (χ2v) is 20.6. The molecule has 0 fully saturated rings. The van der Waals surface area contributed by atoms with Crippen LogP contribution in [0.1, 0.15) is 121 Å². The molecule has 8 N–H and O–H groups in total. The number of carboxylic acids is 2. The van der Waals surface area contributed by atoms with E-state index in [1.54, 1.807) is 95.5 Å². The number of nitrogens with two attached hydrogens (primary N) is 1. The number of hydrogen-bond donors (Lipinski definition) is 5. The first-order chi connectivity index (χ1) is 45.2. The molecule has 0 radical (unpaired) electrons. The maximum Gasteiger partial charge on any atom is 1.00 e. The summed E-state index contributed by atoms with van der Waals surface area (Å²) in [4.78, 5) is 140. The summed E-state index contributed by atoms with van der Waals surface area (Å²) in [5.74, 6) is -5.26. The van der Waals surface area contributed by atoms with Crippen LogP contribution in [0.5, 0.6) is 0 Å². The normalized spacial score (nSPS) is 9.67. The number of esters is 5. The third kappa shape index (κ3) is 29.1. The zero-order valence-corrected chi connectivity index (χ0v) is 60.9. The van der Waals surface area contributed by atoms with Gasteiger partial charge >= 0.3 is 71.3 Å². The summed E-state index contributed by atoms with van der Waals surface area (Å²) in [5.41, 5.74) is 9.90. The summed E-state index contributed by atoms with van der Waals surface area (Å²) < 4.78 is 31.7. The minimum atomic E-state index is -1.24. The molecule has 0 unspecified atom stereocenters. The number of carbonyl (C=O) groups is 7. The quantitative estimate of drug-likeness (QED) is 0.00872. The molecular formula is C67H82IN9NaO19+. The number of carboxylic acid groups (broad SMARTS) is 2. The average molecular weight is 1470 g/mol. The molecule has 8 rings (SSSR count).